The first kappa shape index (κ1) is 16.6. The third-order valence-electron chi connectivity index (χ3n) is 3.30. The molecule has 0 aliphatic rings. The van der Waals surface area contributed by atoms with Crippen molar-refractivity contribution in [2.45, 2.75) is 46.2 Å². The van der Waals surface area contributed by atoms with Gasteiger partial charge in [0.05, 0.1) is 6.42 Å². The van der Waals surface area contributed by atoms with E-state index in [1.165, 1.54) is 12.1 Å². The van der Waals surface area contributed by atoms with E-state index in [9.17, 15) is 9.18 Å². The van der Waals surface area contributed by atoms with Crippen LogP contribution in [0.3, 0.4) is 0 Å². The van der Waals surface area contributed by atoms with E-state index in [1.807, 2.05) is 0 Å². The lowest BCUT2D eigenvalue weighted by molar-refractivity contribution is -0.120. The standard InChI is InChI=1S/C16H25FN2O/c1-12(2)19(13(3)4)10-9-18-16(20)11-14-5-7-15(17)8-6-14/h5-8,12-13H,9-11H2,1-4H3,(H,18,20). The smallest absolute Gasteiger partial charge is 0.224 e. The summed E-state index contributed by atoms with van der Waals surface area (Å²) in [5.74, 6) is -0.303. The van der Waals surface area contributed by atoms with Gasteiger partial charge in [0.15, 0.2) is 0 Å². The van der Waals surface area contributed by atoms with Gasteiger partial charge in [0.1, 0.15) is 5.82 Å². The summed E-state index contributed by atoms with van der Waals surface area (Å²) in [5, 5.41) is 2.91. The fourth-order valence-corrected chi connectivity index (χ4v) is 2.29. The highest BCUT2D eigenvalue weighted by atomic mass is 19.1. The molecule has 1 aromatic rings. The molecule has 1 N–H and O–H groups in total. The Bertz CT molecular complexity index is 407. The van der Waals surface area contributed by atoms with Crippen LogP contribution in [0.1, 0.15) is 33.3 Å². The van der Waals surface area contributed by atoms with Crippen LogP contribution in [0.25, 0.3) is 0 Å². The lowest BCUT2D eigenvalue weighted by Gasteiger charge is -2.30. The number of nitrogens with zero attached hydrogens (tertiary/aromatic N) is 1. The van der Waals surface area contributed by atoms with Gasteiger partial charge < -0.3 is 5.32 Å². The fourth-order valence-electron chi connectivity index (χ4n) is 2.29. The molecule has 0 saturated heterocycles. The van der Waals surface area contributed by atoms with E-state index in [0.717, 1.165) is 12.1 Å². The van der Waals surface area contributed by atoms with E-state index in [0.29, 0.717) is 25.0 Å². The Morgan fingerprint density at radius 2 is 1.70 bits per heavy atom. The minimum absolute atomic E-state index is 0.0240. The minimum atomic E-state index is -0.279. The van der Waals surface area contributed by atoms with Crippen LogP contribution in [-0.4, -0.2) is 36.0 Å². The summed E-state index contributed by atoms with van der Waals surface area (Å²) in [4.78, 5) is 14.1. The molecule has 0 aliphatic carbocycles. The van der Waals surface area contributed by atoms with Crippen LogP contribution in [0.15, 0.2) is 24.3 Å². The van der Waals surface area contributed by atoms with Gasteiger partial charge in [0, 0.05) is 25.2 Å². The Kier molecular flexibility index (Phi) is 6.65. The van der Waals surface area contributed by atoms with Crippen molar-refractivity contribution in [3.05, 3.63) is 35.6 Å². The Morgan fingerprint density at radius 1 is 1.15 bits per heavy atom. The second kappa shape index (κ2) is 8.00. The molecule has 0 spiro atoms. The van der Waals surface area contributed by atoms with Crippen molar-refractivity contribution >= 4 is 5.91 Å². The predicted molar refractivity (Wildman–Crippen MR) is 80.1 cm³/mol. The van der Waals surface area contributed by atoms with Crippen molar-refractivity contribution in [3.63, 3.8) is 0 Å². The normalized spacial score (nSPS) is 11.4. The number of rotatable bonds is 7. The van der Waals surface area contributed by atoms with Crippen molar-refractivity contribution in [1.82, 2.24) is 10.2 Å². The first-order valence-corrected chi connectivity index (χ1v) is 7.17. The van der Waals surface area contributed by atoms with Crippen molar-refractivity contribution < 1.29 is 9.18 Å². The number of amides is 1. The van der Waals surface area contributed by atoms with Gasteiger partial charge >= 0.3 is 0 Å². The SMILES string of the molecule is CC(C)N(CCNC(=O)Cc1ccc(F)cc1)C(C)C. The minimum Gasteiger partial charge on any atom is -0.355 e. The van der Waals surface area contributed by atoms with E-state index >= 15 is 0 Å². The fraction of sp³-hybridized carbons (Fsp3) is 0.562. The number of hydrogen-bond donors (Lipinski definition) is 1. The molecule has 0 radical (unpaired) electrons. The zero-order valence-corrected chi connectivity index (χ0v) is 12.8. The van der Waals surface area contributed by atoms with Gasteiger partial charge in [-0.1, -0.05) is 12.1 Å². The summed E-state index contributed by atoms with van der Waals surface area (Å²) in [6.45, 7) is 10.1. The van der Waals surface area contributed by atoms with Crippen LogP contribution in [0.5, 0.6) is 0 Å². The summed E-state index contributed by atoms with van der Waals surface area (Å²) in [6.07, 6.45) is 0.295. The molecule has 0 heterocycles. The summed E-state index contributed by atoms with van der Waals surface area (Å²) in [5.41, 5.74) is 0.827. The number of nitrogens with one attached hydrogen (secondary N) is 1. The molecular weight excluding hydrogens is 255 g/mol. The van der Waals surface area contributed by atoms with Crippen LogP contribution in [-0.2, 0) is 11.2 Å². The highest BCUT2D eigenvalue weighted by molar-refractivity contribution is 5.78. The monoisotopic (exact) mass is 280 g/mol. The number of hydrogen-bond acceptors (Lipinski definition) is 2. The Hall–Kier alpha value is -1.42. The molecule has 20 heavy (non-hydrogen) atoms. The van der Waals surface area contributed by atoms with Crippen LogP contribution in [0.4, 0.5) is 4.39 Å². The largest absolute Gasteiger partial charge is 0.355 e. The molecule has 0 atom stereocenters. The van der Waals surface area contributed by atoms with Crippen molar-refractivity contribution in [1.29, 1.82) is 0 Å². The van der Waals surface area contributed by atoms with E-state index in [-0.39, 0.29) is 11.7 Å². The zero-order chi connectivity index (χ0) is 15.1. The highest BCUT2D eigenvalue weighted by Crippen LogP contribution is 2.04. The number of carbonyl (C=O) groups is 1. The number of carbonyl (C=O) groups excluding carboxylic acids is 1. The Labute approximate surface area is 121 Å². The first-order chi connectivity index (χ1) is 9.40. The number of benzene rings is 1. The molecule has 0 saturated carbocycles. The average molecular weight is 280 g/mol. The lowest BCUT2D eigenvalue weighted by atomic mass is 10.1. The average Bonchev–Trinajstić information content (AvgIpc) is 2.36. The van der Waals surface area contributed by atoms with Gasteiger partial charge in [-0.2, -0.15) is 0 Å². The van der Waals surface area contributed by atoms with Gasteiger partial charge in [-0.15, -0.1) is 0 Å². The van der Waals surface area contributed by atoms with Gasteiger partial charge in [-0.25, -0.2) is 4.39 Å². The third-order valence-corrected chi connectivity index (χ3v) is 3.30. The topological polar surface area (TPSA) is 32.3 Å². The first-order valence-electron chi connectivity index (χ1n) is 7.17. The van der Waals surface area contributed by atoms with E-state index in [2.05, 4.69) is 37.9 Å². The zero-order valence-electron chi connectivity index (χ0n) is 12.8. The van der Waals surface area contributed by atoms with Crippen LogP contribution in [0.2, 0.25) is 0 Å². The Morgan fingerprint density at radius 3 is 2.20 bits per heavy atom. The highest BCUT2D eigenvalue weighted by Gasteiger charge is 2.13. The van der Waals surface area contributed by atoms with Gasteiger partial charge in [0.2, 0.25) is 5.91 Å². The summed E-state index contributed by atoms with van der Waals surface area (Å²) in [7, 11) is 0. The Balaban J connectivity index is 2.34. The molecule has 1 rings (SSSR count). The van der Waals surface area contributed by atoms with Crippen molar-refractivity contribution in [3.8, 4) is 0 Å². The molecule has 1 amide bonds. The third kappa shape index (κ3) is 5.70. The maximum Gasteiger partial charge on any atom is 0.224 e. The van der Waals surface area contributed by atoms with Gasteiger partial charge in [-0.3, -0.25) is 9.69 Å². The molecule has 0 aliphatic heterocycles. The molecule has 0 fully saturated rings. The van der Waals surface area contributed by atoms with Gasteiger partial charge in [0.25, 0.3) is 0 Å². The molecule has 0 aromatic heterocycles. The molecular formula is C16H25FN2O. The molecule has 1 aromatic carbocycles. The molecule has 0 bridgehead atoms. The van der Waals surface area contributed by atoms with Crippen molar-refractivity contribution in [2.75, 3.05) is 13.1 Å². The van der Waals surface area contributed by atoms with E-state index in [1.54, 1.807) is 12.1 Å². The summed E-state index contributed by atoms with van der Waals surface area (Å²) >= 11 is 0. The maximum absolute atomic E-state index is 12.8. The maximum atomic E-state index is 12.8. The summed E-state index contributed by atoms with van der Waals surface area (Å²) in [6, 6.07) is 6.96. The van der Waals surface area contributed by atoms with Crippen LogP contribution < -0.4 is 5.32 Å². The quantitative estimate of drug-likeness (QED) is 0.832. The summed E-state index contributed by atoms with van der Waals surface area (Å²) < 4.78 is 12.8. The second-order valence-corrected chi connectivity index (χ2v) is 5.58. The number of halogens is 1. The van der Waals surface area contributed by atoms with E-state index in [4.69, 9.17) is 0 Å². The van der Waals surface area contributed by atoms with E-state index < -0.39 is 0 Å². The second-order valence-electron chi connectivity index (χ2n) is 5.58. The van der Waals surface area contributed by atoms with Crippen LogP contribution in [0, 0.1) is 5.82 Å². The van der Waals surface area contributed by atoms with Crippen LogP contribution >= 0.6 is 0 Å². The van der Waals surface area contributed by atoms with Gasteiger partial charge in [-0.05, 0) is 45.4 Å². The molecule has 112 valence electrons. The lowest BCUT2D eigenvalue weighted by Crippen LogP contribution is -2.42. The molecule has 4 heteroatoms. The molecule has 0 unspecified atom stereocenters. The predicted octanol–water partition coefficient (Wildman–Crippen LogP) is 2.60. The van der Waals surface area contributed by atoms with Crippen molar-refractivity contribution in [2.24, 2.45) is 0 Å². The molecule has 3 nitrogen and oxygen atoms in total.